The number of aromatic nitrogens is 3. The maximum atomic E-state index is 12.1. The van der Waals surface area contributed by atoms with E-state index in [4.69, 9.17) is 4.74 Å². The molecule has 0 saturated carbocycles. The molecule has 0 spiro atoms. The quantitative estimate of drug-likeness (QED) is 0.659. The highest BCUT2D eigenvalue weighted by Gasteiger charge is 2.10. The molecule has 2 aromatic carbocycles. The lowest BCUT2D eigenvalue weighted by Crippen LogP contribution is -2.14. The molecule has 3 rings (SSSR count). The first-order chi connectivity index (χ1) is 12.3. The van der Waals surface area contributed by atoms with Crippen molar-refractivity contribution in [2.24, 2.45) is 0 Å². The van der Waals surface area contributed by atoms with Gasteiger partial charge in [-0.05, 0) is 43.3 Å². The zero-order chi connectivity index (χ0) is 17.5. The van der Waals surface area contributed by atoms with Crippen molar-refractivity contribution in [3.05, 3.63) is 60.9 Å². The van der Waals surface area contributed by atoms with Gasteiger partial charge in [0.2, 0.25) is 5.91 Å². The smallest absolute Gasteiger partial charge is 0.234 e. The first kappa shape index (κ1) is 17.0. The van der Waals surface area contributed by atoms with Crippen LogP contribution in [0.15, 0.2) is 66.1 Å². The third kappa shape index (κ3) is 4.60. The van der Waals surface area contributed by atoms with Crippen molar-refractivity contribution in [2.45, 2.75) is 12.1 Å². The number of hydrogen-bond acceptors (Lipinski definition) is 5. The number of thioether (sulfide) groups is 1. The highest BCUT2D eigenvalue weighted by molar-refractivity contribution is 7.99. The molecule has 3 aromatic rings. The molecule has 6 nitrogen and oxygen atoms in total. The molecule has 0 unspecified atom stereocenters. The van der Waals surface area contributed by atoms with Crippen molar-refractivity contribution in [1.82, 2.24) is 14.8 Å². The van der Waals surface area contributed by atoms with E-state index in [0.29, 0.717) is 11.8 Å². The van der Waals surface area contributed by atoms with Gasteiger partial charge in [-0.2, -0.15) is 0 Å². The van der Waals surface area contributed by atoms with Crippen molar-refractivity contribution in [1.29, 1.82) is 0 Å². The minimum Gasteiger partial charge on any atom is -0.494 e. The van der Waals surface area contributed by atoms with Gasteiger partial charge in [0.25, 0.3) is 0 Å². The van der Waals surface area contributed by atoms with Gasteiger partial charge in [-0.1, -0.05) is 30.0 Å². The number of anilines is 1. The Morgan fingerprint density at radius 3 is 2.64 bits per heavy atom. The second kappa shape index (κ2) is 8.34. The number of carbonyl (C=O) groups excluding carboxylic acids is 1. The average molecular weight is 354 g/mol. The van der Waals surface area contributed by atoms with E-state index in [1.807, 2.05) is 66.1 Å². The minimum atomic E-state index is -0.100. The Hall–Kier alpha value is -2.80. The molecule has 0 radical (unpaired) electrons. The summed E-state index contributed by atoms with van der Waals surface area (Å²) >= 11 is 1.34. The SMILES string of the molecule is CCOc1ccc(NC(=O)CSc2nncn2-c2ccccc2)cc1. The zero-order valence-electron chi connectivity index (χ0n) is 13.8. The fraction of sp³-hybridized carbons (Fsp3) is 0.167. The fourth-order valence-electron chi connectivity index (χ4n) is 2.22. The van der Waals surface area contributed by atoms with Crippen LogP contribution in [0, 0.1) is 0 Å². The molecule has 1 amide bonds. The summed E-state index contributed by atoms with van der Waals surface area (Å²) in [7, 11) is 0. The first-order valence-electron chi connectivity index (χ1n) is 7.87. The van der Waals surface area contributed by atoms with Gasteiger partial charge in [-0.3, -0.25) is 9.36 Å². The topological polar surface area (TPSA) is 69.0 Å². The minimum absolute atomic E-state index is 0.100. The molecule has 0 saturated heterocycles. The number of hydrogen-bond donors (Lipinski definition) is 1. The molecule has 1 aromatic heterocycles. The van der Waals surface area contributed by atoms with Crippen LogP contribution in [0.3, 0.4) is 0 Å². The fourth-order valence-corrected chi connectivity index (χ4v) is 2.95. The summed E-state index contributed by atoms with van der Waals surface area (Å²) in [6.45, 7) is 2.55. The Balaban J connectivity index is 1.57. The van der Waals surface area contributed by atoms with E-state index in [0.717, 1.165) is 17.1 Å². The van der Waals surface area contributed by atoms with Crippen molar-refractivity contribution in [3.8, 4) is 11.4 Å². The van der Waals surface area contributed by atoms with Gasteiger partial charge in [0, 0.05) is 11.4 Å². The van der Waals surface area contributed by atoms with Gasteiger partial charge in [0.05, 0.1) is 12.4 Å². The van der Waals surface area contributed by atoms with Gasteiger partial charge in [-0.25, -0.2) is 0 Å². The second-order valence-corrected chi connectivity index (χ2v) is 6.06. The summed E-state index contributed by atoms with van der Waals surface area (Å²) in [5, 5.41) is 11.6. The predicted molar refractivity (Wildman–Crippen MR) is 98.3 cm³/mol. The van der Waals surface area contributed by atoms with Crippen molar-refractivity contribution in [2.75, 3.05) is 17.7 Å². The highest BCUT2D eigenvalue weighted by Crippen LogP contribution is 2.20. The summed E-state index contributed by atoms with van der Waals surface area (Å²) in [5.41, 5.74) is 1.69. The molecule has 1 heterocycles. The summed E-state index contributed by atoms with van der Waals surface area (Å²) in [6, 6.07) is 17.1. The van der Waals surface area contributed by atoms with Crippen LogP contribution in [0.2, 0.25) is 0 Å². The Morgan fingerprint density at radius 2 is 1.92 bits per heavy atom. The van der Waals surface area contributed by atoms with Gasteiger partial charge in [0.15, 0.2) is 5.16 Å². The number of ether oxygens (including phenoxy) is 1. The number of para-hydroxylation sites is 1. The predicted octanol–water partition coefficient (Wildman–Crippen LogP) is 3.40. The number of rotatable bonds is 7. The summed E-state index contributed by atoms with van der Waals surface area (Å²) < 4.78 is 7.24. The van der Waals surface area contributed by atoms with Crippen LogP contribution in [0.1, 0.15) is 6.92 Å². The summed E-state index contributed by atoms with van der Waals surface area (Å²) in [5.74, 6) is 0.932. The molecule has 7 heteroatoms. The normalized spacial score (nSPS) is 10.4. The lowest BCUT2D eigenvalue weighted by molar-refractivity contribution is -0.113. The molecule has 1 N–H and O–H groups in total. The van der Waals surface area contributed by atoms with Crippen LogP contribution >= 0.6 is 11.8 Å². The van der Waals surface area contributed by atoms with Gasteiger partial charge < -0.3 is 10.1 Å². The lowest BCUT2D eigenvalue weighted by atomic mass is 10.3. The maximum Gasteiger partial charge on any atom is 0.234 e. The molecule has 0 bridgehead atoms. The Morgan fingerprint density at radius 1 is 1.16 bits per heavy atom. The molecule has 0 aliphatic carbocycles. The monoisotopic (exact) mass is 354 g/mol. The summed E-state index contributed by atoms with van der Waals surface area (Å²) in [6.07, 6.45) is 1.64. The molecule has 0 fully saturated rings. The highest BCUT2D eigenvalue weighted by atomic mass is 32.2. The molecule has 25 heavy (non-hydrogen) atoms. The Bertz CT molecular complexity index is 819. The van der Waals surface area contributed by atoms with E-state index >= 15 is 0 Å². The van der Waals surface area contributed by atoms with E-state index in [2.05, 4.69) is 15.5 Å². The van der Waals surface area contributed by atoms with Crippen LogP contribution in [-0.4, -0.2) is 33.0 Å². The number of nitrogens with zero attached hydrogens (tertiary/aromatic N) is 3. The van der Waals surface area contributed by atoms with Crippen LogP contribution in [0.5, 0.6) is 5.75 Å². The zero-order valence-corrected chi connectivity index (χ0v) is 14.6. The molecule has 0 aliphatic rings. The third-order valence-electron chi connectivity index (χ3n) is 3.33. The first-order valence-corrected chi connectivity index (χ1v) is 8.86. The van der Waals surface area contributed by atoms with Crippen LogP contribution in [0.25, 0.3) is 5.69 Å². The molecule has 0 atom stereocenters. The number of benzene rings is 2. The van der Waals surface area contributed by atoms with Crippen LogP contribution in [-0.2, 0) is 4.79 Å². The van der Waals surface area contributed by atoms with Gasteiger partial charge >= 0.3 is 0 Å². The van der Waals surface area contributed by atoms with E-state index in [1.165, 1.54) is 11.8 Å². The van der Waals surface area contributed by atoms with E-state index < -0.39 is 0 Å². The summed E-state index contributed by atoms with van der Waals surface area (Å²) in [4.78, 5) is 12.1. The van der Waals surface area contributed by atoms with Crippen LogP contribution in [0.4, 0.5) is 5.69 Å². The Labute approximate surface area is 150 Å². The number of nitrogens with one attached hydrogen (secondary N) is 1. The number of amides is 1. The van der Waals surface area contributed by atoms with Crippen molar-refractivity contribution >= 4 is 23.4 Å². The standard InChI is InChI=1S/C18H18N4O2S/c1-2-24-16-10-8-14(9-11-16)20-17(23)12-25-18-21-19-13-22(18)15-6-4-3-5-7-15/h3-11,13H,2,12H2,1H3,(H,20,23). The Kier molecular flexibility index (Phi) is 5.69. The molecule has 0 aliphatic heterocycles. The lowest BCUT2D eigenvalue weighted by Gasteiger charge is -2.08. The molecular weight excluding hydrogens is 336 g/mol. The van der Waals surface area contributed by atoms with E-state index in [1.54, 1.807) is 6.33 Å². The molecular formula is C18H18N4O2S. The van der Waals surface area contributed by atoms with Crippen LogP contribution < -0.4 is 10.1 Å². The van der Waals surface area contributed by atoms with Crippen molar-refractivity contribution in [3.63, 3.8) is 0 Å². The molecule has 128 valence electrons. The second-order valence-electron chi connectivity index (χ2n) is 5.11. The average Bonchev–Trinajstić information content (AvgIpc) is 3.11. The van der Waals surface area contributed by atoms with E-state index in [9.17, 15) is 4.79 Å². The largest absolute Gasteiger partial charge is 0.494 e. The van der Waals surface area contributed by atoms with Gasteiger partial charge in [0.1, 0.15) is 12.1 Å². The number of carbonyl (C=O) groups is 1. The van der Waals surface area contributed by atoms with Crippen molar-refractivity contribution < 1.29 is 9.53 Å². The van der Waals surface area contributed by atoms with Gasteiger partial charge in [-0.15, -0.1) is 10.2 Å². The third-order valence-corrected chi connectivity index (χ3v) is 4.28. The van der Waals surface area contributed by atoms with E-state index in [-0.39, 0.29) is 11.7 Å². The maximum absolute atomic E-state index is 12.1.